The minimum absolute atomic E-state index is 0.111. The molecule has 0 radical (unpaired) electrons. The molecule has 2 heterocycles. The Morgan fingerprint density at radius 1 is 1.04 bits per heavy atom. The smallest absolute Gasteiger partial charge is 0.344 e. The molecule has 0 bridgehead atoms. The molecule has 2 N–H and O–H groups in total. The highest BCUT2D eigenvalue weighted by Gasteiger charge is 2.23. The lowest BCUT2D eigenvalue weighted by Gasteiger charge is -2.34. The molecule has 0 atom stereocenters. The van der Waals surface area contributed by atoms with Crippen LogP contribution in [0, 0.1) is 6.92 Å². The molecule has 0 saturated carbocycles. The first-order chi connectivity index (χ1) is 13.6. The van der Waals surface area contributed by atoms with Gasteiger partial charge in [-0.3, -0.25) is 4.90 Å². The zero-order chi connectivity index (χ0) is 19.5. The van der Waals surface area contributed by atoms with Crippen molar-refractivity contribution in [2.24, 2.45) is 0 Å². The van der Waals surface area contributed by atoms with E-state index < -0.39 is 0 Å². The lowest BCUT2D eigenvalue weighted by molar-refractivity contribution is 0.134. The standard InChI is InChI=1S/C22H25N5O/c1-17-13-19(18-5-3-2-4-6-18)7-8-20(17)15-25-9-11-26(12-10-25)22(28)27-16-21(23)14-24-27/h2-8,13-14,16H,9-12,15,23H2,1H3. The van der Waals surface area contributed by atoms with Gasteiger partial charge in [-0.05, 0) is 29.2 Å². The van der Waals surface area contributed by atoms with Gasteiger partial charge < -0.3 is 10.6 Å². The predicted octanol–water partition coefficient (Wildman–Crippen LogP) is 3.23. The Hall–Kier alpha value is -3.12. The number of anilines is 1. The fraction of sp³-hybridized carbons (Fsp3) is 0.273. The second-order valence-electron chi connectivity index (χ2n) is 7.27. The van der Waals surface area contributed by atoms with Crippen molar-refractivity contribution in [1.82, 2.24) is 19.6 Å². The summed E-state index contributed by atoms with van der Waals surface area (Å²) in [7, 11) is 0. The first-order valence-corrected chi connectivity index (χ1v) is 9.57. The van der Waals surface area contributed by atoms with Crippen LogP contribution in [-0.2, 0) is 6.54 Å². The number of benzene rings is 2. The highest BCUT2D eigenvalue weighted by Crippen LogP contribution is 2.23. The number of carbonyl (C=O) groups excluding carboxylic acids is 1. The second kappa shape index (κ2) is 7.86. The van der Waals surface area contributed by atoms with E-state index in [0.717, 1.165) is 19.6 Å². The molecular formula is C22H25N5O. The van der Waals surface area contributed by atoms with E-state index in [4.69, 9.17) is 5.73 Å². The molecule has 1 fully saturated rings. The third-order valence-corrected chi connectivity index (χ3v) is 5.29. The number of hydrogen-bond donors (Lipinski definition) is 1. The highest BCUT2D eigenvalue weighted by atomic mass is 16.2. The van der Waals surface area contributed by atoms with Crippen LogP contribution in [0.3, 0.4) is 0 Å². The fourth-order valence-electron chi connectivity index (χ4n) is 3.61. The number of piperazine rings is 1. The molecule has 6 heteroatoms. The molecule has 1 aromatic heterocycles. The van der Waals surface area contributed by atoms with Crippen LogP contribution < -0.4 is 5.73 Å². The van der Waals surface area contributed by atoms with Gasteiger partial charge in [0.15, 0.2) is 0 Å². The van der Waals surface area contributed by atoms with Gasteiger partial charge in [-0.25, -0.2) is 4.79 Å². The Kier molecular flexibility index (Phi) is 5.12. The summed E-state index contributed by atoms with van der Waals surface area (Å²) in [6.07, 6.45) is 3.06. The van der Waals surface area contributed by atoms with Gasteiger partial charge in [0.2, 0.25) is 0 Å². The first-order valence-electron chi connectivity index (χ1n) is 9.57. The summed E-state index contributed by atoms with van der Waals surface area (Å²) >= 11 is 0. The van der Waals surface area contributed by atoms with Crippen LogP contribution >= 0.6 is 0 Å². The van der Waals surface area contributed by atoms with Crippen LogP contribution in [0.4, 0.5) is 10.5 Å². The quantitative estimate of drug-likeness (QED) is 0.763. The molecule has 3 aromatic rings. The van der Waals surface area contributed by atoms with Crippen molar-refractivity contribution < 1.29 is 4.79 Å². The van der Waals surface area contributed by atoms with Crippen molar-refractivity contribution in [3.63, 3.8) is 0 Å². The molecule has 2 aromatic carbocycles. The fourth-order valence-corrected chi connectivity index (χ4v) is 3.61. The Balaban J connectivity index is 1.36. The average molecular weight is 375 g/mol. The third-order valence-electron chi connectivity index (χ3n) is 5.29. The molecule has 1 saturated heterocycles. The Morgan fingerprint density at radius 2 is 1.79 bits per heavy atom. The minimum atomic E-state index is -0.111. The van der Waals surface area contributed by atoms with E-state index in [1.807, 2.05) is 11.0 Å². The van der Waals surface area contributed by atoms with E-state index in [0.29, 0.717) is 18.8 Å². The van der Waals surface area contributed by atoms with Crippen LogP contribution in [0.5, 0.6) is 0 Å². The number of carbonyl (C=O) groups is 1. The van der Waals surface area contributed by atoms with Crippen molar-refractivity contribution >= 4 is 11.7 Å². The Bertz CT molecular complexity index is 958. The van der Waals surface area contributed by atoms with Crippen molar-refractivity contribution in [3.05, 3.63) is 72.1 Å². The third kappa shape index (κ3) is 3.92. The number of aromatic nitrogens is 2. The van der Waals surface area contributed by atoms with Crippen LogP contribution in [0.1, 0.15) is 11.1 Å². The maximum absolute atomic E-state index is 12.5. The molecule has 1 aliphatic rings. The summed E-state index contributed by atoms with van der Waals surface area (Å²) < 4.78 is 1.32. The van der Waals surface area contributed by atoms with Gasteiger partial charge in [0.1, 0.15) is 0 Å². The molecule has 28 heavy (non-hydrogen) atoms. The molecule has 0 aliphatic carbocycles. The minimum Gasteiger partial charge on any atom is -0.396 e. The van der Waals surface area contributed by atoms with E-state index in [9.17, 15) is 4.79 Å². The molecule has 0 spiro atoms. The largest absolute Gasteiger partial charge is 0.396 e. The van der Waals surface area contributed by atoms with Crippen LogP contribution in [0.2, 0.25) is 0 Å². The van der Waals surface area contributed by atoms with Crippen molar-refractivity contribution in [3.8, 4) is 11.1 Å². The number of hydrogen-bond acceptors (Lipinski definition) is 4. The average Bonchev–Trinajstić information content (AvgIpc) is 3.16. The molecule has 4 rings (SSSR count). The van der Waals surface area contributed by atoms with Crippen molar-refractivity contribution in [1.29, 1.82) is 0 Å². The number of amides is 1. The van der Waals surface area contributed by atoms with Crippen LogP contribution in [0.15, 0.2) is 60.9 Å². The zero-order valence-electron chi connectivity index (χ0n) is 16.1. The Labute approximate surface area is 165 Å². The van der Waals surface area contributed by atoms with E-state index in [2.05, 4.69) is 59.4 Å². The number of nitrogens with two attached hydrogens (primary N) is 1. The van der Waals surface area contributed by atoms with Gasteiger partial charge in [0, 0.05) is 32.7 Å². The molecule has 1 amide bonds. The zero-order valence-corrected chi connectivity index (χ0v) is 16.1. The van der Waals surface area contributed by atoms with E-state index in [1.165, 1.54) is 33.1 Å². The number of nitrogen functional groups attached to an aromatic ring is 1. The maximum Gasteiger partial charge on any atom is 0.344 e. The predicted molar refractivity (Wildman–Crippen MR) is 111 cm³/mol. The number of aryl methyl sites for hydroxylation is 1. The highest BCUT2D eigenvalue weighted by molar-refractivity contribution is 5.76. The second-order valence-corrected chi connectivity index (χ2v) is 7.27. The molecule has 1 aliphatic heterocycles. The van der Waals surface area contributed by atoms with E-state index in [1.54, 1.807) is 6.20 Å². The topological polar surface area (TPSA) is 67.4 Å². The van der Waals surface area contributed by atoms with Gasteiger partial charge in [-0.15, -0.1) is 0 Å². The summed E-state index contributed by atoms with van der Waals surface area (Å²) in [4.78, 5) is 16.7. The number of nitrogens with zero attached hydrogens (tertiary/aromatic N) is 4. The van der Waals surface area contributed by atoms with Crippen LogP contribution in [0.25, 0.3) is 11.1 Å². The van der Waals surface area contributed by atoms with Gasteiger partial charge in [0.25, 0.3) is 0 Å². The first kappa shape index (κ1) is 18.3. The summed E-state index contributed by atoms with van der Waals surface area (Å²) in [6.45, 7) is 6.16. The molecule has 144 valence electrons. The maximum atomic E-state index is 12.5. The lowest BCUT2D eigenvalue weighted by atomic mass is 9.99. The van der Waals surface area contributed by atoms with Crippen molar-refractivity contribution in [2.45, 2.75) is 13.5 Å². The summed E-state index contributed by atoms with van der Waals surface area (Å²) in [6, 6.07) is 17.0. The normalized spacial score (nSPS) is 15.0. The van der Waals surface area contributed by atoms with Gasteiger partial charge in [-0.1, -0.05) is 48.5 Å². The van der Waals surface area contributed by atoms with Gasteiger partial charge >= 0.3 is 6.03 Å². The monoisotopic (exact) mass is 375 g/mol. The van der Waals surface area contributed by atoms with Crippen molar-refractivity contribution in [2.75, 3.05) is 31.9 Å². The van der Waals surface area contributed by atoms with Gasteiger partial charge in [0.05, 0.1) is 18.1 Å². The molecule has 0 unspecified atom stereocenters. The Morgan fingerprint density at radius 3 is 2.43 bits per heavy atom. The lowest BCUT2D eigenvalue weighted by Crippen LogP contribution is -2.49. The SMILES string of the molecule is Cc1cc(-c2ccccc2)ccc1CN1CCN(C(=O)n2cc(N)cn2)CC1. The number of rotatable bonds is 3. The van der Waals surface area contributed by atoms with Crippen LogP contribution in [-0.4, -0.2) is 51.8 Å². The van der Waals surface area contributed by atoms with E-state index in [-0.39, 0.29) is 6.03 Å². The molecule has 6 nitrogen and oxygen atoms in total. The van der Waals surface area contributed by atoms with E-state index >= 15 is 0 Å². The summed E-state index contributed by atoms with van der Waals surface area (Å²) in [5, 5.41) is 4.01. The molecular weight excluding hydrogens is 350 g/mol. The summed E-state index contributed by atoms with van der Waals surface area (Å²) in [5.41, 5.74) is 11.3. The summed E-state index contributed by atoms with van der Waals surface area (Å²) in [5.74, 6) is 0. The van der Waals surface area contributed by atoms with Gasteiger partial charge in [-0.2, -0.15) is 9.78 Å².